The summed E-state index contributed by atoms with van der Waals surface area (Å²) in [4.78, 5) is 0. The fourth-order valence-electron chi connectivity index (χ4n) is 4.87. The van der Waals surface area contributed by atoms with Gasteiger partial charge < -0.3 is 24.8 Å². The Balaban J connectivity index is 0.00000181. The second-order valence-electron chi connectivity index (χ2n) is 11.1. The SMILES string of the molecule is CC(C)=c1cc2c(c(C3=CC=CC3)c1C(C)(C)C)=[C]([Ti+2])c1cc(C(C)(C)C)ccc1-2.[Cl-].[Cl-]. The quantitative estimate of drug-likeness (QED) is 0.501. The first-order valence-corrected chi connectivity index (χ1v) is 11.8. The van der Waals surface area contributed by atoms with E-state index in [-0.39, 0.29) is 35.6 Å². The van der Waals surface area contributed by atoms with Crippen molar-refractivity contribution in [1.29, 1.82) is 0 Å². The Hall–Kier alpha value is -1.05. The summed E-state index contributed by atoms with van der Waals surface area (Å²) >= 11 is 2.33. The maximum absolute atomic E-state index is 2.48. The molecule has 4 rings (SSSR count). The van der Waals surface area contributed by atoms with Gasteiger partial charge >= 0.3 is 194 Å². The monoisotopic (exact) mass is 499 g/mol. The second kappa shape index (κ2) is 9.30. The molecule has 0 nitrogen and oxygen atoms in total. The molecule has 0 bridgehead atoms. The van der Waals surface area contributed by atoms with E-state index < -0.39 is 0 Å². The Bertz CT molecular complexity index is 1240. The van der Waals surface area contributed by atoms with Crippen LogP contribution in [0.2, 0.25) is 0 Å². The van der Waals surface area contributed by atoms with E-state index >= 15 is 0 Å². The van der Waals surface area contributed by atoms with Crippen molar-refractivity contribution in [3.63, 3.8) is 0 Å². The first-order valence-electron chi connectivity index (χ1n) is 11.0. The van der Waals surface area contributed by atoms with Gasteiger partial charge in [-0.05, 0) is 0 Å². The summed E-state index contributed by atoms with van der Waals surface area (Å²) in [5, 5.41) is 2.88. The van der Waals surface area contributed by atoms with Gasteiger partial charge in [0.1, 0.15) is 0 Å². The van der Waals surface area contributed by atoms with Crippen molar-refractivity contribution in [1.82, 2.24) is 0 Å². The third kappa shape index (κ3) is 4.49. The molecule has 2 aromatic carbocycles. The fraction of sp³-hybridized carbons (Fsp3) is 0.379. The van der Waals surface area contributed by atoms with Crippen LogP contribution in [0, 0.1) is 0 Å². The summed E-state index contributed by atoms with van der Waals surface area (Å²) in [6.07, 6.45) is 7.87. The van der Waals surface area contributed by atoms with Crippen molar-refractivity contribution in [2.75, 3.05) is 0 Å². The van der Waals surface area contributed by atoms with Crippen molar-refractivity contribution < 1.29 is 45.2 Å². The van der Waals surface area contributed by atoms with Gasteiger partial charge in [-0.1, -0.05) is 0 Å². The molecule has 0 saturated heterocycles. The Morgan fingerprint density at radius 3 is 2.00 bits per heavy atom. The Morgan fingerprint density at radius 1 is 0.844 bits per heavy atom. The molecule has 0 atom stereocenters. The zero-order chi connectivity index (χ0) is 22.0. The van der Waals surface area contributed by atoms with Gasteiger partial charge in [0, 0.05) is 0 Å². The first kappa shape index (κ1) is 27.2. The van der Waals surface area contributed by atoms with E-state index in [0.29, 0.717) is 0 Å². The van der Waals surface area contributed by atoms with Crippen LogP contribution in [0.1, 0.15) is 84.1 Å². The summed E-state index contributed by atoms with van der Waals surface area (Å²) < 4.78 is 1.43. The van der Waals surface area contributed by atoms with E-state index in [9.17, 15) is 0 Å². The molecular formula is C29H33Cl2Ti. The third-order valence-electron chi connectivity index (χ3n) is 6.40. The number of hydrogen-bond donors (Lipinski definition) is 0. The molecule has 0 fully saturated rings. The number of rotatable bonds is 1. The van der Waals surface area contributed by atoms with Crippen LogP contribution in [0.5, 0.6) is 0 Å². The molecular weight excluding hydrogens is 467 g/mol. The molecule has 2 aliphatic rings. The van der Waals surface area contributed by atoms with Crippen LogP contribution < -0.4 is 35.3 Å². The second-order valence-corrected chi connectivity index (χ2v) is 11.8. The number of fused-ring (bicyclic) bond motifs is 3. The van der Waals surface area contributed by atoms with Crippen LogP contribution in [0.3, 0.4) is 0 Å². The van der Waals surface area contributed by atoms with Gasteiger partial charge in [-0.3, -0.25) is 0 Å². The van der Waals surface area contributed by atoms with Crippen molar-refractivity contribution >= 4 is 15.0 Å². The molecule has 0 spiro atoms. The Kier molecular flexibility index (Phi) is 7.91. The molecule has 0 radical (unpaired) electrons. The molecule has 2 aromatic rings. The first-order chi connectivity index (χ1) is 13.9. The fourth-order valence-corrected chi connectivity index (χ4v) is 5.60. The average Bonchev–Trinajstić information content (AvgIpc) is 3.26. The number of allylic oxidation sites excluding steroid dienone is 4. The van der Waals surface area contributed by atoms with Crippen molar-refractivity contribution in [3.8, 4) is 11.1 Å². The molecule has 0 N–H and O–H groups in total. The van der Waals surface area contributed by atoms with Crippen molar-refractivity contribution in [2.24, 2.45) is 0 Å². The predicted molar refractivity (Wildman–Crippen MR) is 128 cm³/mol. The standard InChI is InChI=1S/C29H33.2ClH.Ti/c1-18(2)23-17-24-22-14-13-21(28(3,4)5)15-20(22)16-25(24)26(19-11-9-10-12-19)27(23)29(6,7)8;;;/h9-11,13-15,17H,12H2,1-8H3;2*1H;/q;;;+2/p-2. The van der Waals surface area contributed by atoms with Crippen molar-refractivity contribution in [2.45, 2.75) is 72.6 Å². The predicted octanol–water partition coefficient (Wildman–Crippen LogP) is 0.507. The molecule has 0 amide bonds. The normalized spacial score (nSPS) is 14.4. The minimum atomic E-state index is 0. The molecule has 0 aromatic heterocycles. The smallest absolute Gasteiger partial charge is 1.00 e. The number of benzene rings is 2. The number of hydrogen-bond acceptors (Lipinski definition) is 0. The zero-order valence-electron chi connectivity index (χ0n) is 20.5. The van der Waals surface area contributed by atoms with Crippen LogP contribution >= 0.6 is 0 Å². The van der Waals surface area contributed by atoms with Gasteiger partial charge in [-0.15, -0.1) is 0 Å². The van der Waals surface area contributed by atoms with Crippen LogP contribution in [-0.2, 0) is 31.3 Å². The van der Waals surface area contributed by atoms with Crippen LogP contribution in [0.15, 0.2) is 42.5 Å². The van der Waals surface area contributed by atoms with E-state index in [0.717, 1.165) is 6.42 Å². The molecule has 32 heavy (non-hydrogen) atoms. The summed E-state index contributed by atoms with van der Waals surface area (Å²) in [7, 11) is 0. The van der Waals surface area contributed by atoms with E-state index in [2.05, 4.69) is 118 Å². The van der Waals surface area contributed by atoms with E-state index in [4.69, 9.17) is 0 Å². The Labute approximate surface area is 218 Å². The number of halogens is 2. The maximum Gasteiger partial charge on any atom is -1.00 e. The summed E-state index contributed by atoms with van der Waals surface area (Å²) in [5.74, 6) is 0. The maximum atomic E-state index is 2.48. The van der Waals surface area contributed by atoms with Gasteiger partial charge in [0.15, 0.2) is 0 Å². The van der Waals surface area contributed by atoms with E-state index in [1.807, 2.05) is 0 Å². The molecule has 0 heterocycles. The molecule has 0 aliphatic heterocycles. The van der Waals surface area contributed by atoms with Gasteiger partial charge in [-0.25, -0.2) is 0 Å². The van der Waals surface area contributed by atoms with Gasteiger partial charge in [-0.2, -0.15) is 0 Å². The van der Waals surface area contributed by atoms with Gasteiger partial charge in [0.25, 0.3) is 0 Å². The van der Waals surface area contributed by atoms with Crippen molar-refractivity contribution in [3.05, 3.63) is 75.2 Å². The van der Waals surface area contributed by atoms with Crippen LogP contribution in [0.4, 0.5) is 0 Å². The average molecular weight is 500 g/mol. The molecule has 167 valence electrons. The van der Waals surface area contributed by atoms with Crippen LogP contribution in [-0.4, -0.2) is 0 Å². The summed E-state index contributed by atoms with van der Waals surface area (Å²) in [5.41, 5.74) is 11.7. The third-order valence-corrected chi connectivity index (χ3v) is 7.21. The minimum absolute atomic E-state index is 0. The summed E-state index contributed by atoms with van der Waals surface area (Å²) in [6.45, 7) is 18.5. The van der Waals surface area contributed by atoms with E-state index in [1.165, 1.54) is 58.8 Å². The molecule has 2 aliphatic carbocycles. The zero-order valence-corrected chi connectivity index (χ0v) is 23.6. The summed E-state index contributed by atoms with van der Waals surface area (Å²) in [6, 6.07) is 9.61. The topological polar surface area (TPSA) is 0 Å². The van der Waals surface area contributed by atoms with Gasteiger partial charge in [0.2, 0.25) is 0 Å². The van der Waals surface area contributed by atoms with Crippen LogP contribution in [0.25, 0.3) is 26.2 Å². The largest absolute Gasteiger partial charge is 1.00 e. The molecule has 3 heteroatoms. The van der Waals surface area contributed by atoms with E-state index in [1.54, 1.807) is 0 Å². The Morgan fingerprint density at radius 2 is 1.50 bits per heavy atom. The molecule has 0 saturated carbocycles. The van der Waals surface area contributed by atoms with Gasteiger partial charge in [0.05, 0.1) is 0 Å². The molecule has 0 unspecified atom stereocenters. The minimum Gasteiger partial charge on any atom is -1.00 e.